The van der Waals surface area contributed by atoms with Crippen LogP contribution in [-0.2, 0) is 11.3 Å². The number of carbonyl (C=O) groups is 2. The Morgan fingerprint density at radius 3 is 2.71 bits per heavy atom. The van der Waals surface area contributed by atoms with Gasteiger partial charge in [0, 0.05) is 44.1 Å². The summed E-state index contributed by atoms with van der Waals surface area (Å²) in [5, 5.41) is 10.7. The van der Waals surface area contributed by atoms with Gasteiger partial charge in [0.1, 0.15) is 0 Å². The van der Waals surface area contributed by atoms with Crippen LogP contribution in [0.4, 0.5) is 0 Å². The van der Waals surface area contributed by atoms with Crippen LogP contribution in [0.25, 0.3) is 0 Å². The summed E-state index contributed by atoms with van der Waals surface area (Å²) in [5.41, 5.74) is 0.961. The van der Waals surface area contributed by atoms with Gasteiger partial charge in [0.05, 0.1) is 5.60 Å². The van der Waals surface area contributed by atoms with Gasteiger partial charge in [0.2, 0.25) is 5.91 Å². The van der Waals surface area contributed by atoms with Gasteiger partial charge in [-0.1, -0.05) is 39.0 Å². The number of benzene rings is 1. The first-order chi connectivity index (χ1) is 11.3. The Morgan fingerprint density at radius 1 is 1.38 bits per heavy atom. The molecule has 0 saturated carbocycles. The molecule has 2 aliphatic heterocycles. The summed E-state index contributed by atoms with van der Waals surface area (Å²) in [6, 6.07) is 7.59. The lowest BCUT2D eigenvalue weighted by atomic mass is 9.82. The fourth-order valence-electron chi connectivity index (χ4n) is 3.84. The van der Waals surface area contributed by atoms with Crippen LogP contribution in [0, 0.1) is 11.8 Å². The number of amides is 2. The largest absolute Gasteiger partial charge is 0.387 e. The van der Waals surface area contributed by atoms with Crippen molar-refractivity contribution in [3.05, 3.63) is 35.4 Å². The van der Waals surface area contributed by atoms with Crippen molar-refractivity contribution in [1.29, 1.82) is 0 Å². The third-order valence-corrected chi connectivity index (χ3v) is 5.64. The molecule has 24 heavy (non-hydrogen) atoms. The molecule has 0 bridgehead atoms. The van der Waals surface area contributed by atoms with Crippen molar-refractivity contribution in [3.63, 3.8) is 0 Å². The van der Waals surface area contributed by atoms with E-state index in [1.54, 1.807) is 9.80 Å². The zero-order chi connectivity index (χ0) is 17.5. The van der Waals surface area contributed by atoms with Gasteiger partial charge in [0.25, 0.3) is 5.91 Å². The number of fused-ring (bicyclic) bond motifs is 1. The Bertz CT molecular complexity index is 658. The topological polar surface area (TPSA) is 60.9 Å². The van der Waals surface area contributed by atoms with Crippen molar-refractivity contribution in [3.8, 4) is 0 Å². The molecule has 0 spiro atoms. The first-order valence-electron chi connectivity index (χ1n) is 8.70. The van der Waals surface area contributed by atoms with Gasteiger partial charge < -0.3 is 14.9 Å². The Labute approximate surface area is 143 Å². The number of hydrogen-bond acceptors (Lipinski definition) is 3. The highest BCUT2D eigenvalue weighted by atomic mass is 16.3. The minimum atomic E-state index is -0.810. The normalized spacial score (nSPS) is 26.4. The number of hydrogen-bond donors (Lipinski definition) is 1. The third kappa shape index (κ3) is 2.81. The van der Waals surface area contributed by atoms with Crippen molar-refractivity contribution in [2.24, 2.45) is 11.8 Å². The van der Waals surface area contributed by atoms with E-state index in [0.717, 1.165) is 11.1 Å². The highest BCUT2D eigenvalue weighted by Crippen LogP contribution is 2.34. The summed E-state index contributed by atoms with van der Waals surface area (Å²) in [6.07, 6.45) is 0.306. The van der Waals surface area contributed by atoms with Gasteiger partial charge in [-0.3, -0.25) is 9.59 Å². The van der Waals surface area contributed by atoms with Crippen LogP contribution >= 0.6 is 0 Å². The number of nitrogens with zero attached hydrogens (tertiary/aromatic N) is 2. The maximum atomic E-state index is 12.5. The zero-order valence-electron chi connectivity index (χ0n) is 14.7. The van der Waals surface area contributed by atoms with E-state index in [4.69, 9.17) is 0 Å². The van der Waals surface area contributed by atoms with Gasteiger partial charge in [-0.2, -0.15) is 0 Å². The van der Waals surface area contributed by atoms with Crippen molar-refractivity contribution in [2.75, 3.05) is 19.6 Å². The Hall–Kier alpha value is -1.88. The molecule has 0 aromatic heterocycles. The molecule has 2 heterocycles. The maximum Gasteiger partial charge on any atom is 0.254 e. The standard InChI is InChI=1S/C19H26N2O3/c1-13(2)19(24)12-21(10-14(19)3)17(22)8-9-20-11-15-6-4-5-7-16(15)18(20)23/h4-7,13-14,24H,8-12H2,1-3H3/t14-,19-/m0/s1. The molecule has 3 rings (SSSR count). The van der Waals surface area contributed by atoms with E-state index in [1.165, 1.54) is 0 Å². The van der Waals surface area contributed by atoms with Crippen LogP contribution in [0.2, 0.25) is 0 Å². The minimum Gasteiger partial charge on any atom is -0.387 e. The molecule has 0 radical (unpaired) electrons. The van der Waals surface area contributed by atoms with Gasteiger partial charge in [0.15, 0.2) is 0 Å². The Kier molecular flexibility index (Phi) is 4.38. The fourth-order valence-corrected chi connectivity index (χ4v) is 3.84. The van der Waals surface area contributed by atoms with Crippen molar-refractivity contribution >= 4 is 11.8 Å². The first kappa shape index (κ1) is 17.0. The van der Waals surface area contributed by atoms with Gasteiger partial charge in [-0.15, -0.1) is 0 Å². The molecule has 1 N–H and O–H groups in total. The number of likely N-dealkylation sites (tertiary alicyclic amines) is 1. The molecule has 5 nitrogen and oxygen atoms in total. The van der Waals surface area contributed by atoms with Crippen molar-refractivity contribution in [2.45, 2.75) is 39.3 Å². The summed E-state index contributed by atoms with van der Waals surface area (Å²) >= 11 is 0. The molecule has 1 aromatic rings. The van der Waals surface area contributed by atoms with E-state index >= 15 is 0 Å². The summed E-state index contributed by atoms with van der Waals surface area (Å²) in [4.78, 5) is 28.3. The third-order valence-electron chi connectivity index (χ3n) is 5.64. The SMILES string of the molecule is CC(C)[C@@]1(O)CN(C(=O)CCN2Cc3ccccc3C2=O)C[C@@H]1C. The van der Waals surface area contributed by atoms with Crippen LogP contribution in [0.1, 0.15) is 43.1 Å². The van der Waals surface area contributed by atoms with Crippen LogP contribution in [-0.4, -0.2) is 52.0 Å². The second-order valence-corrected chi connectivity index (χ2v) is 7.46. The second-order valence-electron chi connectivity index (χ2n) is 7.46. The van der Waals surface area contributed by atoms with Crippen LogP contribution in [0.15, 0.2) is 24.3 Å². The number of rotatable bonds is 4. The molecular formula is C19H26N2O3. The van der Waals surface area contributed by atoms with E-state index in [0.29, 0.717) is 32.6 Å². The lowest BCUT2D eigenvalue weighted by Gasteiger charge is -2.31. The van der Waals surface area contributed by atoms with Gasteiger partial charge >= 0.3 is 0 Å². The first-order valence-corrected chi connectivity index (χ1v) is 8.70. The predicted octanol–water partition coefficient (Wildman–Crippen LogP) is 1.90. The number of β-amino-alcohol motifs (C(OH)–C–C–N with tert-alkyl or cyclic N) is 1. The number of aliphatic hydroxyl groups is 1. The summed E-state index contributed by atoms with van der Waals surface area (Å²) in [5.74, 6) is 0.202. The maximum absolute atomic E-state index is 12.5. The van der Waals surface area contributed by atoms with Gasteiger partial charge in [-0.25, -0.2) is 0 Å². The monoisotopic (exact) mass is 330 g/mol. The lowest BCUT2D eigenvalue weighted by Crippen LogP contribution is -2.43. The fraction of sp³-hybridized carbons (Fsp3) is 0.579. The Balaban J connectivity index is 1.57. The molecule has 2 aliphatic rings. The van der Waals surface area contributed by atoms with E-state index in [2.05, 4.69) is 0 Å². The summed E-state index contributed by atoms with van der Waals surface area (Å²) in [6.45, 7) is 7.95. The molecule has 2 amide bonds. The number of carbonyl (C=O) groups excluding carboxylic acids is 2. The molecule has 0 aliphatic carbocycles. The molecular weight excluding hydrogens is 304 g/mol. The highest BCUT2D eigenvalue weighted by Gasteiger charge is 2.46. The summed E-state index contributed by atoms with van der Waals surface area (Å²) in [7, 11) is 0. The predicted molar refractivity (Wildman–Crippen MR) is 91.3 cm³/mol. The van der Waals surface area contributed by atoms with Crippen LogP contribution in [0.3, 0.4) is 0 Å². The van der Waals surface area contributed by atoms with E-state index < -0.39 is 5.60 Å². The molecule has 1 fully saturated rings. The molecule has 5 heteroatoms. The van der Waals surface area contributed by atoms with Gasteiger partial charge in [-0.05, 0) is 17.5 Å². The quantitative estimate of drug-likeness (QED) is 0.917. The average Bonchev–Trinajstić information content (AvgIpc) is 3.04. The zero-order valence-corrected chi connectivity index (χ0v) is 14.7. The summed E-state index contributed by atoms with van der Waals surface area (Å²) < 4.78 is 0. The van der Waals surface area contributed by atoms with E-state index in [-0.39, 0.29) is 23.7 Å². The van der Waals surface area contributed by atoms with E-state index in [1.807, 2.05) is 45.0 Å². The van der Waals surface area contributed by atoms with Crippen molar-refractivity contribution < 1.29 is 14.7 Å². The second kappa shape index (κ2) is 6.20. The van der Waals surface area contributed by atoms with E-state index in [9.17, 15) is 14.7 Å². The van der Waals surface area contributed by atoms with Crippen LogP contribution in [0.5, 0.6) is 0 Å². The molecule has 130 valence electrons. The van der Waals surface area contributed by atoms with Crippen molar-refractivity contribution in [1.82, 2.24) is 9.80 Å². The van der Waals surface area contributed by atoms with Crippen LogP contribution < -0.4 is 0 Å². The highest BCUT2D eigenvalue weighted by molar-refractivity contribution is 5.98. The molecule has 1 saturated heterocycles. The smallest absolute Gasteiger partial charge is 0.254 e. The molecule has 0 unspecified atom stereocenters. The molecule has 1 aromatic carbocycles. The minimum absolute atomic E-state index is 0.00637. The lowest BCUT2D eigenvalue weighted by molar-refractivity contribution is -0.131. The Morgan fingerprint density at radius 2 is 2.08 bits per heavy atom. The average molecular weight is 330 g/mol. The molecule has 2 atom stereocenters.